The Kier molecular flexibility index (Phi) is 4.92. The van der Waals surface area contributed by atoms with Crippen LogP contribution in [-0.2, 0) is 4.79 Å². The summed E-state index contributed by atoms with van der Waals surface area (Å²) in [5.41, 5.74) is 0.185. The van der Waals surface area contributed by atoms with E-state index in [-0.39, 0.29) is 25.1 Å². The second-order valence-electron chi connectivity index (χ2n) is 5.09. The molecule has 3 atom stereocenters. The number of carbonyl (C=O) groups excluding carboxylic acids is 1. The Hall–Kier alpha value is -2.22. The van der Waals surface area contributed by atoms with Crippen molar-refractivity contribution in [1.29, 1.82) is 0 Å². The van der Waals surface area contributed by atoms with Crippen LogP contribution in [0.4, 0.5) is 13.6 Å². The van der Waals surface area contributed by atoms with E-state index < -0.39 is 36.1 Å². The van der Waals surface area contributed by atoms with E-state index in [1.165, 1.54) is 12.1 Å². The summed E-state index contributed by atoms with van der Waals surface area (Å²) in [5, 5.41) is 21.0. The van der Waals surface area contributed by atoms with Gasteiger partial charge in [0.2, 0.25) is 5.91 Å². The molecule has 0 unspecified atom stereocenters. The van der Waals surface area contributed by atoms with Crippen LogP contribution in [0.25, 0.3) is 0 Å². The van der Waals surface area contributed by atoms with Crippen LogP contribution in [0.5, 0.6) is 0 Å². The monoisotopic (exact) mass is 314 g/mol. The maximum absolute atomic E-state index is 13.2. The number of alkyl halides is 1. The number of nitrogens with zero attached hydrogens (tertiary/aromatic N) is 1. The molecule has 1 aliphatic rings. The number of rotatable bonds is 4. The minimum absolute atomic E-state index is 0.132. The number of likely N-dealkylation sites (tertiary alicyclic amines) is 1. The van der Waals surface area contributed by atoms with Crippen molar-refractivity contribution in [2.75, 3.05) is 13.1 Å². The molecule has 1 aliphatic heterocycles. The van der Waals surface area contributed by atoms with Crippen LogP contribution in [0.3, 0.4) is 0 Å². The predicted molar refractivity (Wildman–Crippen MR) is 72.4 cm³/mol. The largest absolute Gasteiger partial charge is 0.465 e. The van der Waals surface area contributed by atoms with Gasteiger partial charge in [0, 0.05) is 6.54 Å². The fourth-order valence-corrected chi connectivity index (χ4v) is 2.38. The highest BCUT2D eigenvalue weighted by Crippen LogP contribution is 2.21. The van der Waals surface area contributed by atoms with Gasteiger partial charge in [-0.25, -0.2) is 13.6 Å². The van der Waals surface area contributed by atoms with E-state index in [2.05, 4.69) is 0 Å². The molecule has 1 aromatic rings. The topological polar surface area (TPSA) is 89.9 Å². The van der Waals surface area contributed by atoms with Crippen molar-refractivity contribution >= 4 is 12.0 Å². The molecule has 1 aromatic carbocycles. The molecule has 120 valence electrons. The number of aliphatic hydroxyl groups excluding tert-OH is 1. The lowest BCUT2D eigenvalue weighted by molar-refractivity contribution is -0.135. The molecule has 0 saturated carbocycles. The molecule has 1 fully saturated rings. The van der Waals surface area contributed by atoms with Crippen LogP contribution in [0.2, 0.25) is 0 Å². The number of amides is 2. The van der Waals surface area contributed by atoms with E-state index in [9.17, 15) is 23.5 Å². The van der Waals surface area contributed by atoms with Crippen LogP contribution in [0, 0.1) is 5.82 Å². The molecule has 6 nitrogen and oxygen atoms in total. The maximum atomic E-state index is 13.2. The van der Waals surface area contributed by atoms with Crippen LogP contribution < -0.4 is 5.32 Å². The average molecular weight is 314 g/mol. The smallest absolute Gasteiger partial charge is 0.405 e. The highest BCUT2D eigenvalue weighted by molar-refractivity contribution is 5.86. The van der Waals surface area contributed by atoms with Crippen molar-refractivity contribution in [1.82, 2.24) is 10.2 Å². The number of hydrogen-bond donors (Lipinski definition) is 3. The van der Waals surface area contributed by atoms with E-state index in [0.717, 1.165) is 17.0 Å². The zero-order chi connectivity index (χ0) is 16.3. The Bertz CT molecular complexity index is 552. The standard InChI is InChI=1S/C14H16F2N2O4/c15-9-3-1-8(2-4-9)12(19)11(17-14(21)22)13(20)18-6-5-10(16)7-18/h1-4,10-12,17,19H,5-7H2,(H,21,22)/t10-,11+,12+/m0/s1. The molecule has 3 N–H and O–H groups in total. The molecular formula is C14H16F2N2O4. The molecule has 1 saturated heterocycles. The Labute approximate surface area is 125 Å². The SMILES string of the molecule is O=C(O)N[C@@H](C(=O)N1CC[C@H](F)C1)[C@H](O)c1ccc(F)cc1. The van der Waals surface area contributed by atoms with E-state index in [4.69, 9.17) is 5.11 Å². The first-order chi connectivity index (χ1) is 10.4. The normalized spacial score (nSPS) is 20.5. The lowest BCUT2D eigenvalue weighted by atomic mass is 10.0. The summed E-state index contributed by atoms with van der Waals surface area (Å²) in [6.07, 6.45) is -3.96. The predicted octanol–water partition coefficient (Wildman–Crippen LogP) is 1.07. The van der Waals surface area contributed by atoms with Gasteiger partial charge in [-0.3, -0.25) is 4.79 Å². The number of benzene rings is 1. The van der Waals surface area contributed by atoms with Gasteiger partial charge >= 0.3 is 6.09 Å². The third-order valence-electron chi connectivity index (χ3n) is 3.51. The van der Waals surface area contributed by atoms with E-state index >= 15 is 0 Å². The summed E-state index contributed by atoms with van der Waals surface area (Å²) in [6, 6.07) is 3.22. The zero-order valence-electron chi connectivity index (χ0n) is 11.6. The highest BCUT2D eigenvalue weighted by atomic mass is 19.1. The van der Waals surface area contributed by atoms with Gasteiger partial charge in [-0.1, -0.05) is 12.1 Å². The molecule has 2 amide bonds. The van der Waals surface area contributed by atoms with Gasteiger partial charge in [-0.2, -0.15) is 0 Å². The summed E-state index contributed by atoms with van der Waals surface area (Å²) in [4.78, 5) is 24.3. The average Bonchev–Trinajstić information content (AvgIpc) is 2.90. The Balaban J connectivity index is 2.19. The summed E-state index contributed by atoms with van der Waals surface area (Å²) in [6.45, 7) is 0.0285. The molecule has 0 radical (unpaired) electrons. The second-order valence-corrected chi connectivity index (χ2v) is 5.09. The van der Waals surface area contributed by atoms with Gasteiger partial charge in [-0.05, 0) is 24.1 Å². The van der Waals surface area contributed by atoms with Crippen molar-refractivity contribution in [3.8, 4) is 0 Å². The Morgan fingerprint density at radius 2 is 1.95 bits per heavy atom. The third kappa shape index (κ3) is 3.70. The lowest BCUT2D eigenvalue weighted by Gasteiger charge is -2.26. The number of hydrogen-bond acceptors (Lipinski definition) is 3. The summed E-state index contributed by atoms with van der Waals surface area (Å²) in [5.74, 6) is -1.23. The van der Waals surface area contributed by atoms with Crippen molar-refractivity contribution in [2.45, 2.75) is 24.7 Å². The number of halogens is 2. The Morgan fingerprint density at radius 1 is 1.32 bits per heavy atom. The zero-order valence-corrected chi connectivity index (χ0v) is 11.6. The first-order valence-corrected chi connectivity index (χ1v) is 6.74. The van der Waals surface area contributed by atoms with E-state index in [1.54, 1.807) is 0 Å². The maximum Gasteiger partial charge on any atom is 0.405 e. The van der Waals surface area contributed by atoms with Crippen LogP contribution in [0.15, 0.2) is 24.3 Å². The van der Waals surface area contributed by atoms with Gasteiger partial charge < -0.3 is 20.4 Å². The summed E-state index contributed by atoms with van der Waals surface area (Å²) in [7, 11) is 0. The van der Waals surface area contributed by atoms with Crippen LogP contribution in [0.1, 0.15) is 18.1 Å². The molecule has 1 heterocycles. The summed E-state index contributed by atoms with van der Waals surface area (Å²) >= 11 is 0. The first-order valence-electron chi connectivity index (χ1n) is 6.74. The minimum Gasteiger partial charge on any atom is -0.465 e. The molecule has 22 heavy (non-hydrogen) atoms. The van der Waals surface area contributed by atoms with Crippen molar-refractivity contribution in [3.05, 3.63) is 35.6 Å². The summed E-state index contributed by atoms with van der Waals surface area (Å²) < 4.78 is 26.1. The Morgan fingerprint density at radius 3 is 2.45 bits per heavy atom. The molecule has 8 heteroatoms. The quantitative estimate of drug-likeness (QED) is 0.775. The van der Waals surface area contributed by atoms with Crippen LogP contribution in [-0.4, -0.2) is 52.4 Å². The van der Waals surface area contributed by atoms with Gasteiger partial charge in [-0.15, -0.1) is 0 Å². The van der Waals surface area contributed by atoms with E-state index in [1.807, 2.05) is 5.32 Å². The number of carboxylic acid groups (broad SMARTS) is 1. The van der Waals surface area contributed by atoms with Crippen molar-refractivity contribution in [2.24, 2.45) is 0 Å². The number of aliphatic hydroxyl groups is 1. The minimum atomic E-state index is -1.50. The molecule has 2 rings (SSSR count). The van der Waals surface area contributed by atoms with Crippen molar-refractivity contribution in [3.63, 3.8) is 0 Å². The number of nitrogens with one attached hydrogen (secondary N) is 1. The fourth-order valence-electron chi connectivity index (χ4n) is 2.38. The second kappa shape index (κ2) is 6.69. The fraction of sp³-hybridized carbons (Fsp3) is 0.429. The highest BCUT2D eigenvalue weighted by Gasteiger charge is 2.36. The van der Waals surface area contributed by atoms with Gasteiger partial charge in [0.15, 0.2) is 0 Å². The number of carbonyl (C=O) groups is 2. The molecule has 0 aromatic heterocycles. The van der Waals surface area contributed by atoms with Gasteiger partial charge in [0.05, 0.1) is 6.54 Å². The first kappa shape index (κ1) is 16.2. The third-order valence-corrected chi connectivity index (χ3v) is 3.51. The molecule has 0 spiro atoms. The molecular weight excluding hydrogens is 298 g/mol. The molecule has 0 aliphatic carbocycles. The van der Waals surface area contributed by atoms with Gasteiger partial charge in [0.25, 0.3) is 0 Å². The molecule has 0 bridgehead atoms. The lowest BCUT2D eigenvalue weighted by Crippen LogP contribution is -2.50. The van der Waals surface area contributed by atoms with Crippen molar-refractivity contribution < 1.29 is 28.6 Å². The van der Waals surface area contributed by atoms with Crippen LogP contribution >= 0.6 is 0 Å². The van der Waals surface area contributed by atoms with Gasteiger partial charge in [0.1, 0.15) is 24.1 Å². The van der Waals surface area contributed by atoms with E-state index in [0.29, 0.717) is 0 Å².